The fraction of sp³-hybridized carbons (Fsp3) is 0.280. The zero-order chi connectivity index (χ0) is 23.7. The Hall–Kier alpha value is -2.97. The Kier molecular flexibility index (Phi) is 6.67. The van der Waals surface area contributed by atoms with Crippen LogP contribution in [-0.2, 0) is 11.3 Å². The summed E-state index contributed by atoms with van der Waals surface area (Å²) >= 11 is 6.68. The van der Waals surface area contributed by atoms with Gasteiger partial charge in [-0.2, -0.15) is 0 Å². The highest BCUT2D eigenvalue weighted by Gasteiger charge is 2.33. The molecular formula is C25H26N4O2S2. The van der Waals surface area contributed by atoms with Crippen LogP contribution in [0.3, 0.4) is 0 Å². The third-order valence-electron chi connectivity index (χ3n) is 5.39. The number of carbonyl (C=O) groups excluding carboxylic acids is 1. The molecule has 33 heavy (non-hydrogen) atoms. The Labute approximate surface area is 202 Å². The van der Waals surface area contributed by atoms with Gasteiger partial charge in [0.1, 0.15) is 15.8 Å². The van der Waals surface area contributed by atoms with Crippen LogP contribution in [0.2, 0.25) is 0 Å². The highest BCUT2D eigenvalue weighted by molar-refractivity contribution is 8.26. The number of anilines is 1. The molecule has 1 saturated heterocycles. The minimum absolute atomic E-state index is 0.163. The van der Waals surface area contributed by atoms with E-state index in [0.29, 0.717) is 39.3 Å². The van der Waals surface area contributed by atoms with Gasteiger partial charge in [-0.15, -0.1) is 0 Å². The van der Waals surface area contributed by atoms with E-state index in [4.69, 9.17) is 17.2 Å². The van der Waals surface area contributed by atoms with Gasteiger partial charge in [0.2, 0.25) is 0 Å². The molecule has 0 aliphatic carbocycles. The van der Waals surface area contributed by atoms with Crippen LogP contribution in [0, 0.1) is 12.8 Å². The van der Waals surface area contributed by atoms with Crippen LogP contribution in [0.4, 0.5) is 5.82 Å². The Morgan fingerprint density at radius 2 is 1.88 bits per heavy atom. The molecule has 1 aliphatic heterocycles. The predicted molar refractivity (Wildman–Crippen MR) is 139 cm³/mol. The van der Waals surface area contributed by atoms with Crippen molar-refractivity contribution in [3.63, 3.8) is 0 Å². The van der Waals surface area contributed by atoms with Crippen molar-refractivity contribution in [3.05, 3.63) is 80.6 Å². The molecule has 1 aliphatic rings. The summed E-state index contributed by atoms with van der Waals surface area (Å²) in [6.45, 7) is 7.14. The topological polar surface area (TPSA) is 57.9 Å². The predicted octanol–water partition coefficient (Wildman–Crippen LogP) is 4.50. The van der Waals surface area contributed by atoms with Gasteiger partial charge in [0.15, 0.2) is 0 Å². The number of benzene rings is 1. The normalized spacial score (nSPS) is 15.3. The first-order valence-corrected chi connectivity index (χ1v) is 12.0. The zero-order valence-corrected chi connectivity index (χ0v) is 20.7. The molecule has 0 N–H and O–H groups in total. The van der Waals surface area contributed by atoms with Crippen LogP contribution < -0.4 is 10.5 Å². The molecule has 0 saturated carbocycles. The molecule has 0 radical (unpaired) electrons. The van der Waals surface area contributed by atoms with E-state index in [1.54, 1.807) is 17.2 Å². The van der Waals surface area contributed by atoms with Crippen molar-refractivity contribution in [2.45, 2.75) is 27.3 Å². The first-order valence-electron chi connectivity index (χ1n) is 10.8. The molecule has 8 heteroatoms. The number of hydrogen-bond donors (Lipinski definition) is 0. The Morgan fingerprint density at radius 1 is 1.15 bits per heavy atom. The van der Waals surface area contributed by atoms with Gasteiger partial charge in [-0.3, -0.25) is 18.9 Å². The number of amides is 1. The minimum Gasteiger partial charge on any atom is -0.355 e. The monoisotopic (exact) mass is 478 g/mol. The van der Waals surface area contributed by atoms with Gasteiger partial charge in [-0.1, -0.05) is 74.2 Å². The summed E-state index contributed by atoms with van der Waals surface area (Å²) in [7, 11) is 1.91. The molecule has 1 fully saturated rings. The van der Waals surface area contributed by atoms with E-state index in [9.17, 15) is 9.59 Å². The van der Waals surface area contributed by atoms with E-state index in [1.807, 2.05) is 75.2 Å². The lowest BCUT2D eigenvalue weighted by Gasteiger charge is -2.21. The standard InChI is InChI=1S/C25H26N4O2S2/c1-16(2)14-29-24(31)20(33-25(29)32)13-19-22(27(4)15-18-10-6-5-7-11-18)26-21-17(3)9-8-12-28(21)23(19)30/h5-13,16H,14-15H2,1-4H3/b20-13-. The number of thioether (sulfide) groups is 1. The van der Waals surface area contributed by atoms with Crippen molar-refractivity contribution in [3.8, 4) is 0 Å². The molecule has 6 nitrogen and oxygen atoms in total. The average molecular weight is 479 g/mol. The van der Waals surface area contributed by atoms with Gasteiger partial charge >= 0.3 is 0 Å². The van der Waals surface area contributed by atoms with Crippen LogP contribution in [0.15, 0.2) is 58.4 Å². The van der Waals surface area contributed by atoms with Crippen molar-refractivity contribution in [2.24, 2.45) is 5.92 Å². The molecule has 0 atom stereocenters. The number of aryl methyl sites for hydroxylation is 1. The van der Waals surface area contributed by atoms with Gasteiger partial charge in [0.05, 0.1) is 10.5 Å². The molecule has 2 aromatic heterocycles. The second kappa shape index (κ2) is 9.49. The maximum atomic E-state index is 13.6. The maximum absolute atomic E-state index is 13.6. The number of nitrogens with zero attached hydrogens (tertiary/aromatic N) is 4. The Balaban J connectivity index is 1.84. The summed E-state index contributed by atoms with van der Waals surface area (Å²) in [4.78, 5) is 35.5. The van der Waals surface area contributed by atoms with Crippen molar-refractivity contribution < 1.29 is 4.79 Å². The van der Waals surface area contributed by atoms with E-state index >= 15 is 0 Å². The lowest BCUT2D eigenvalue weighted by atomic mass is 10.2. The highest BCUT2D eigenvalue weighted by atomic mass is 32.2. The third-order valence-corrected chi connectivity index (χ3v) is 6.76. The van der Waals surface area contributed by atoms with E-state index in [-0.39, 0.29) is 17.4 Å². The SMILES string of the molecule is Cc1cccn2c(=O)c(/C=C3\SC(=S)N(CC(C)C)C3=O)c(N(C)Cc3ccccc3)nc12. The van der Waals surface area contributed by atoms with Gasteiger partial charge in [0, 0.05) is 26.3 Å². The van der Waals surface area contributed by atoms with Crippen molar-refractivity contribution >= 4 is 51.7 Å². The number of pyridine rings is 1. The Bertz CT molecular complexity index is 1320. The molecule has 4 rings (SSSR count). The van der Waals surface area contributed by atoms with Crippen LogP contribution in [0.25, 0.3) is 11.7 Å². The van der Waals surface area contributed by atoms with Gasteiger partial charge in [-0.05, 0) is 36.1 Å². The second-order valence-corrected chi connectivity index (χ2v) is 10.2. The van der Waals surface area contributed by atoms with E-state index in [0.717, 1.165) is 11.1 Å². The molecule has 170 valence electrons. The summed E-state index contributed by atoms with van der Waals surface area (Å²) in [5.74, 6) is 0.659. The third kappa shape index (κ3) is 4.72. The first kappa shape index (κ1) is 23.2. The van der Waals surface area contributed by atoms with Crippen molar-refractivity contribution in [1.82, 2.24) is 14.3 Å². The maximum Gasteiger partial charge on any atom is 0.267 e. The van der Waals surface area contributed by atoms with Crippen molar-refractivity contribution in [1.29, 1.82) is 0 Å². The summed E-state index contributed by atoms with van der Waals surface area (Å²) in [5.41, 5.74) is 2.76. The molecule has 3 heterocycles. The number of carbonyl (C=O) groups is 1. The molecule has 3 aromatic rings. The minimum atomic E-state index is -0.215. The summed E-state index contributed by atoms with van der Waals surface area (Å²) in [5, 5.41) is 0. The van der Waals surface area contributed by atoms with Crippen LogP contribution >= 0.6 is 24.0 Å². The summed E-state index contributed by atoms with van der Waals surface area (Å²) in [6, 6.07) is 13.8. The van der Waals surface area contributed by atoms with Gasteiger partial charge < -0.3 is 4.90 Å². The summed E-state index contributed by atoms with van der Waals surface area (Å²) < 4.78 is 2.06. The van der Waals surface area contributed by atoms with E-state index < -0.39 is 0 Å². The number of fused-ring (bicyclic) bond motifs is 1. The highest BCUT2D eigenvalue weighted by Crippen LogP contribution is 2.34. The van der Waals surface area contributed by atoms with Crippen LogP contribution in [0.1, 0.15) is 30.5 Å². The summed E-state index contributed by atoms with van der Waals surface area (Å²) in [6.07, 6.45) is 3.36. The number of rotatable bonds is 6. The molecule has 0 bridgehead atoms. The Morgan fingerprint density at radius 3 is 2.58 bits per heavy atom. The van der Waals surface area contributed by atoms with Gasteiger partial charge in [0.25, 0.3) is 11.5 Å². The average Bonchev–Trinajstić information content (AvgIpc) is 3.03. The quantitative estimate of drug-likeness (QED) is 0.384. The molecular weight excluding hydrogens is 452 g/mol. The van der Waals surface area contributed by atoms with Crippen molar-refractivity contribution in [2.75, 3.05) is 18.5 Å². The van der Waals surface area contributed by atoms with E-state index in [2.05, 4.69) is 0 Å². The smallest absolute Gasteiger partial charge is 0.267 e. The largest absolute Gasteiger partial charge is 0.355 e. The number of thiocarbonyl (C=S) groups is 1. The molecule has 0 spiro atoms. The lowest BCUT2D eigenvalue weighted by Crippen LogP contribution is -2.31. The fourth-order valence-electron chi connectivity index (χ4n) is 3.80. The second-order valence-electron chi connectivity index (χ2n) is 8.57. The van der Waals surface area contributed by atoms with Crippen LogP contribution in [0.5, 0.6) is 0 Å². The molecule has 1 aromatic carbocycles. The molecule has 1 amide bonds. The fourth-order valence-corrected chi connectivity index (χ4v) is 5.06. The van der Waals surface area contributed by atoms with Gasteiger partial charge in [-0.25, -0.2) is 4.98 Å². The van der Waals surface area contributed by atoms with E-state index in [1.165, 1.54) is 16.2 Å². The first-order chi connectivity index (χ1) is 15.8. The molecule has 0 unspecified atom stereocenters. The van der Waals surface area contributed by atoms with Crippen LogP contribution in [-0.4, -0.2) is 38.1 Å². The number of hydrogen-bond acceptors (Lipinski definition) is 6. The number of aromatic nitrogens is 2. The zero-order valence-electron chi connectivity index (χ0n) is 19.1. The lowest BCUT2D eigenvalue weighted by molar-refractivity contribution is -0.122.